The monoisotopic (exact) mass is 237 g/mol. The van der Waals surface area contributed by atoms with Crippen LogP contribution in [0.2, 0.25) is 0 Å². The first kappa shape index (κ1) is 11.3. The van der Waals surface area contributed by atoms with Crippen LogP contribution in [0.25, 0.3) is 10.2 Å². The lowest BCUT2D eigenvalue weighted by molar-refractivity contribution is 0.210. The fraction of sp³-hybridized carbons (Fsp3) is 0.455. The molecule has 0 aliphatic heterocycles. The Morgan fingerprint density at radius 1 is 1.38 bits per heavy atom. The molecule has 4 nitrogen and oxygen atoms in total. The van der Waals surface area contributed by atoms with E-state index in [0.29, 0.717) is 6.61 Å². The molecule has 0 unspecified atom stereocenters. The molecular formula is C11H15N3OS. The third kappa shape index (κ3) is 2.01. The van der Waals surface area contributed by atoms with Gasteiger partial charge in [-0.1, -0.05) is 0 Å². The molecule has 16 heavy (non-hydrogen) atoms. The van der Waals surface area contributed by atoms with Crippen LogP contribution in [0.4, 0.5) is 5.82 Å². The lowest BCUT2D eigenvalue weighted by Crippen LogP contribution is -2.09. The molecule has 0 radical (unpaired) electrons. The minimum atomic E-state index is 0.674. The maximum Gasteiger partial charge on any atom is 0.138 e. The molecule has 0 atom stereocenters. The Bertz CT molecular complexity index is 495. The molecule has 0 fully saturated rings. The molecule has 1 N–H and O–H groups in total. The zero-order chi connectivity index (χ0) is 11.5. The van der Waals surface area contributed by atoms with E-state index in [1.807, 2.05) is 0 Å². The highest BCUT2D eigenvalue weighted by Crippen LogP contribution is 2.32. The Kier molecular flexibility index (Phi) is 3.36. The number of aromatic nitrogens is 2. The molecule has 0 aromatic carbocycles. The summed E-state index contributed by atoms with van der Waals surface area (Å²) in [6, 6.07) is 0. The molecule has 0 bridgehead atoms. The first-order valence-corrected chi connectivity index (χ1v) is 5.99. The van der Waals surface area contributed by atoms with E-state index in [-0.39, 0.29) is 0 Å². The van der Waals surface area contributed by atoms with Crippen LogP contribution in [0.5, 0.6) is 0 Å². The molecule has 86 valence electrons. The molecule has 2 aromatic heterocycles. The number of hydrogen-bond acceptors (Lipinski definition) is 5. The molecule has 2 heterocycles. The van der Waals surface area contributed by atoms with Gasteiger partial charge in [-0.05, 0) is 19.4 Å². The highest BCUT2D eigenvalue weighted by Gasteiger charge is 2.10. The summed E-state index contributed by atoms with van der Waals surface area (Å²) in [5.41, 5.74) is 1.26. The molecule has 0 spiro atoms. The summed E-state index contributed by atoms with van der Waals surface area (Å²) in [5, 5.41) is 4.41. The maximum absolute atomic E-state index is 5.01. The second-order valence-corrected chi connectivity index (χ2v) is 4.81. The average molecular weight is 237 g/mol. The van der Waals surface area contributed by atoms with Crippen molar-refractivity contribution in [3.63, 3.8) is 0 Å². The van der Waals surface area contributed by atoms with E-state index in [1.165, 1.54) is 10.4 Å². The van der Waals surface area contributed by atoms with Crippen LogP contribution in [-0.2, 0) is 4.74 Å². The van der Waals surface area contributed by atoms with Gasteiger partial charge in [0.25, 0.3) is 0 Å². The normalized spacial score (nSPS) is 10.9. The van der Waals surface area contributed by atoms with Crippen LogP contribution in [0.1, 0.15) is 10.4 Å². The Balaban J connectivity index is 2.36. The van der Waals surface area contributed by atoms with Crippen molar-refractivity contribution >= 4 is 27.4 Å². The predicted molar refractivity (Wildman–Crippen MR) is 67.3 cm³/mol. The van der Waals surface area contributed by atoms with Crippen LogP contribution in [0, 0.1) is 13.8 Å². The number of aryl methyl sites for hydroxylation is 2. The smallest absolute Gasteiger partial charge is 0.138 e. The lowest BCUT2D eigenvalue weighted by atomic mass is 10.2. The Morgan fingerprint density at radius 3 is 2.94 bits per heavy atom. The summed E-state index contributed by atoms with van der Waals surface area (Å²) in [7, 11) is 1.69. The molecule has 2 rings (SSSR count). The standard InChI is InChI=1S/C11H15N3OS/c1-7-8(2)16-11-9(7)10(13-6-14-11)12-4-5-15-3/h6H,4-5H2,1-3H3,(H,12,13,14). The summed E-state index contributed by atoms with van der Waals surface area (Å²) in [4.78, 5) is 10.9. The van der Waals surface area contributed by atoms with Crippen LogP contribution >= 0.6 is 11.3 Å². The average Bonchev–Trinajstić information content (AvgIpc) is 2.56. The van der Waals surface area contributed by atoms with E-state index < -0.39 is 0 Å². The second kappa shape index (κ2) is 4.76. The summed E-state index contributed by atoms with van der Waals surface area (Å²) >= 11 is 1.71. The molecule has 0 amide bonds. The van der Waals surface area contributed by atoms with Crippen molar-refractivity contribution in [2.75, 3.05) is 25.6 Å². The van der Waals surface area contributed by atoms with Crippen molar-refractivity contribution in [3.05, 3.63) is 16.8 Å². The van der Waals surface area contributed by atoms with Crippen molar-refractivity contribution in [1.82, 2.24) is 9.97 Å². The fourth-order valence-electron chi connectivity index (χ4n) is 1.59. The number of hydrogen-bond donors (Lipinski definition) is 1. The van der Waals surface area contributed by atoms with E-state index in [1.54, 1.807) is 24.8 Å². The van der Waals surface area contributed by atoms with Gasteiger partial charge in [-0.25, -0.2) is 9.97 Å². The SMILES string of the molecule is COCCNc1ncnc2sc(C)c(C)c12. The third-order valence-corrected chi connectivity index (χ3v) is 3.68. The lowest BCUT2D eigenvalue weighted by Gasteiger charge is -2.06. The number of nitrogens with one attached hydrogen (secondary N) is 1. The minimum absolute atomic E-state index is 0.674. The van der Waals surface area contributed by atoms with Gasteiger partial charge in [0.15, 0.2) is 0 Å². The van der Waals surface area contributed by atoms with E-state index in [2.05, 4.69) is 29.1 Å². The van der Waals surface area contributed by atoms with Crippen molar-refractivity contribution in [1.29, 1.82) is 0 Å². The Labute approximate surface area is 98.7 Å². The second-order valence-electron chi connectivity index (χ2n) is 3.61. The molecule has 0 saturated heterocycles. The maximum atomic E-state index is 5.01. The molecule has 0 saturated carbocycles. The first-order valence-electron chi connectivity index (χ1n) is 5.17. The zero-order valence-electron chi connectivity index (χ0n) is 9.70. The van der Waals surface area contributed by atoms with Gasteiger partial charge in [-0.2, -0.15) is 0 Å². The molecule has 5 heteroatoms. The largest absolute Gasteiger partial charge is 0.383 e. The number of rotatable bonds is 4. The zero-order valence-corrected chi connectivity index (χ0v) is 10.5. The number of nitrogens with zero attached hydrogens (tertiary/aromatic N) is 2. The summed E-state index contributed by atoms with van der Waals surface area (Å²) < 4.78 is 5.01. The van der Waals surface area contributed by atoms with Gasteiger partial charge in [0, 0.05) is 18.5 Å². The first-order chi connectivity index (χ1) is 7.74. The topological polar surface area (TPSA) is 47.0 Å². The van der Waals surface area contributed by atoms with E-state index in [4.69, 9.17) is 4.74 Å². The van der Waals surface area contributed by atoms with Crippen molar-refractivity contribution in [2.24, 2.45) is 0 Å². The molecule has 0 aliphatic carbocycles. The summed E-state index contributed by atoms with van der Waals surface area (Å²) in [6.07, 6.45) is 1.60. The van der Waals surface area contributed by atoms with Gasteiger partial charge in [-0.3, -0.25) is 0 Å². The number of thiophene rings is 1. The molecule has 2 aromatic rings. The van der Waals surface area contributed by atoms with Gasteiger partial charge in [0.1, 0.15) is 17.0 Å². The minimum Gasteiger partial charge on any atom is -0.383 e. The van der Waals surface area contributed by atoms with Crippen LogP contribution < -0.4 is 5.32 Å². The fourth-order valence-corrected chi connectivity index (χ4v) is 2.58. The van der Waals surface area contributed by atoms with Gasteiger partial charge in [0.05, 0.1) is 12.0 Å². The molecular weight excluding hydrogens is 222 g/mol. The van der Waals surface area contributed by atoms with Crippen molar-refractivity contribution < 1.29 is 4.74 Å². The van der Waals surface area contributed by atoms with E-state index >= 15 is 0 Å². The van der Waals surface area contributed by atoms with Gasteiger partial charge < -0.3 is 10.1 Å². The van der Waals surface area contributed by atoms with Crippen LogP contribution in [0.15, 0.2) is 6.33 Å². The predicted octanol–water partition coefficient (Wildman–Crippen LogP) is 2.37. The highest BCUT2D eigenvalue weighted by atomic mass is 32.1. The number of anilines is 1. The van der Waals surface area contributed by atoms with Gasteiger partial charge in [-0.15, -0.1) is 11.3 Å². The van der Waals surface area contributed by atoms with E-state index in [9.17, 15) is 0 Å². The summed E-state index contributed by atoms with van der Waals surface area (Å²) in [5.74, 6) is 0.906. The number of fused-ring (bicyclic) bond motifs is 1. The Morgan fingerprint density at radius 2 is 2.19 bits per heavy atom. The highest BCUT2D eigenvalue weighted by molar-refractivity contribution is 7.18. The Hall–Kier alpha value is -1.20. The van der Waals surface area contributed by atoms with Gasteiger partial charge in [0.2, 0.25) is 0 Å². The quantitative estimate of drug-likeness (QED) is 0.829. The van der Waals surface area contributed by atoms with Crippen LogP contribution in [-0.4, -0.2) is 30.2 Å². The third-order valence-electron chi connectivity index (χ3n) is 2.56. The summed E-state index contributed by atoms with van der Waals surface area (Å²) in [6.45, 7) is 5.66. The van der Waals surface area contributed by atoms with Gasteiger partial charge >= 0.3 is 0 Å². The van der Waals surface area contributed by atoms with Crippen molar-refractivity contribution in [3.8, 4) is 0 Å². The number of methoxy groups -OCH3 is 1. The van der Waals surface area contributed by atoms with Crippen LogP contribution in [0.3, 0.4) is 0 Å². The molecule has 0 aliphatic rings. The van der Waals surface area contributed by atoms with E-state index in [0.717, 1.165) is 22.6 Å². The number of ether oxygens (including phenoxy) is 1. The van der Waals surface area contributed by atoms with Crippen molar-refractivity contribution in [2.45, 2.75) is 13.8 Å².